The second-order valence-electron chi connectivity index (χ2n) is 6.80. The number of rotatable bonds is 12. The Bertz CT molecular complexity index is 824. The van der Waals surface area contributed by atoms with Crippen molar-refractivity contribution in [2.45, 2.75) is 65.2 Å². The lowest BCUT2D eigenvalue weighted by Gasteiger charge is -2.12. The van der Waals surface area contributed by atoms with Gasteiger partial charge in [0, 0.05) is 6.92 Å². The molecular formula is C22H30O6. The van der Waals surface area contributed by atoms with Gasteiger partial charge in [0.1, 0.15) is 0 Å². The third kappa shape index (κ3) is 6.01. The van der Waals surface area contributed by atoms with E-state index in [1.54, 1.807) is 18.2 Å². The molecule has 1 heterocycles. The lowest BCUT2D eigenvalue weighted by atomic mass is 10.1. The summed E-state index contributed by atoms with van der Waals surface area (Å²) in [4.78, 5) is 23.5. The highest BCUT2D eigenvalue weighted by Gasteiger charge is 2.20. The lowest BCUT2D eigenvalue weighted by Crippen LogP contribution is -2.13. The molecule has 0 aliphatic rings. The van der Waals surface area contributed by atoms with Crippen molar-refractivity contribution in [1.82, 2.24) is 0 Å². The normalized spacial score (nSPS) is 10.8. The summed E-state index contributed by atoms with van der Waals surface area (Å²) in [6, 6.07) is 5.26. The number of carbonyl (C=O) groups excluding carboxylic acids is 1. The molecule has 0 spiro atoms. The van der Waals surface area contributed by atoms with Crippen LogP contribution in [0.1, 0.15) is 65.2 Å². The Hall–Kier alpha value is -2.50. The van der Waals surface area contributed by atoms with E-state index < -0.39 is 11.6 Å². The molecule has 0 aliphatic heterocycles. The van der Waals surface area contributed by atoms with Gasteiger partial charge in [-0.05, 0) is 18.6 Å². The molecule has 154 valence electrons. The van der Waals surface area contributed by atoms with Crippen molar-refractivity contribution in [2.24, 2.45) is 0 Å². The number of ether oxygens (including phenoxy) is 3. The SMILES string of the molecule is CCCCCCCCCCOc1cccc2c(OC)c(OC(C)=O)c(=O)oc12. The van der Waals surface area contributed by atoms with Gasteiger partial charge in [-0.25, -0.2) is 4.79 Å². The number of methoxy groups -OCH3 is 1. The zero-order chi connectivity index (χ0) is 20.4. The van der Waals surface area contributed by atoms with Crippen LogP contribution in [0.25, 0.3) is 11.0 Å². The number of carbonyl (C=O) groups is 1. The summed E-state index contributed by atoms with van der Waals surface area (Å²) in [6.45, 7) is 3.98. The van der Waals surface area contributed by atoms with Gasteiger partial charge >= 0.3 is 11.6 Å². The van der Waals surface area contributed by atoms with Crippen LogP contribution in [0.3, 0.4) is 0 Å². The second-order valence-corrected chi connectivity index (χ2v) is 6.80. The second kappa shape index (κ2) is 11.4. The maximum absolute atomic E-state index is 12.2. The molecule has 1 aromatic heterocycles. The molecule has 0 aliphatic carbocycles. The zero-order valence-electron chi connectivity index (χ0n) is 17.0. The summed E-state index contributed by atoms with van der Waals surface area (Å²) < 4.78 is 21.5. The van der Waals surface area contributed by atoms with Crippen LogP contribution in [0.15, 0.2) is 27.4 Å². The summed E-state index contributed by atoms with van der Waals surface area (Å²) in [5.41, 5.74) is -0.484. The van der Waals surface area contributed by atoms with Gasteiger partial charge in [-0.2, -0.15) is 0 Å². The highest BCUT2D eigenvalue weighted by Crippen LogP contribution is 2.36. The highest BCUT2D eigenvalue weighted by molar-refractivity contribution is 5.90. The fourth-order valence-electron chi connectivity index (χ4n) is 3.12. The van der Waals surface area contributed by atoms with Crippen molar-refractivity contribution < 1.29 is 23.4 Å². The van der Waals surface area contributed by atoms with Gasteiger partial charge in [-0.3, -0.25) is 4.79 Å². The largest absolute Gasteiger partial charge is 0.492 e. The molecule has 0 bridgehead atoms. The third-order valence-corrected chi connectivity index (χ3v) is 4.52. The Kier molecular flexibility index (Phi) is 8.85. The van der Waals surface area contributed by atoms with Crippen molar-refractivity contribution >= 4 is 16.9 Å². The van der Waals surface area contributed by atoms with Crippen LogP contribution in [-0.2, 0) is 4.79 Å². The van der Waals surface area contributed by atoms with Crippen LogP contribution in [0, 0.1) is 0 Å². The van der Waals surface area contributed by atoms with Crippen molar-refractivity contribution in [3.05, 3.63) is 28.6 Å². The van der Waals surface area contributed by atoms with Crippen LogP contribution >= 0.6 is 0 Å². The molecule has 0 radical (unpaired) electrons. The van der Waals surface area contributed by atoms with E-state index in [-0.39, 0.29) is 11.5 Å². The molecule has 0 atom stereocenters. The van der Waals surface area contributed by atoms with Crippen LogP contribution in [0.2, 0.25) is 0 Å². The summed E-state index contributed by atoms with van der Waals surface area (Å²) in [5, 5.41) is 0.520. The molecule has 0 saturated heterocycles. The van der Waals surface area contributed by atoms with E-state index >= 15 is 0 Å². The van der Waals surface area contributed by atoms with Gasteiger partial charge in [-0.15, -0.1) is 0 Å². The number of unbranched alkanes of at least 4 members (excludes halogenated alkanes) is 7. The average molecular weight is 390 g/mol. The van der Waals surface area contributed by atoms with E-state index in [1.807, 2.05) is 0 Å². The average Bonchev–Trinajstić information content (AvgIpc) is 2.67. The summed E-state index contributed by atoms with van der Waals surface area (Å²) in [6.07, 6.45) is 9.72. The summed E-state index contributed by atoms with van der Waals surface area (Å²) in [5.74, 6) is -0.223. The van der Waals surface area contributed by atoms with Crippen LogP contribution < -0.4 is 19.8 Å². The number of benzene rings is 1. The monoisotopic (exact) mass is 390 g/mol. The minimum atomic E-state index is -0.775. The first-order chi connectivity index (χ1) is 13.6. The minimum Gasteiger partial charge on any atom is -0.492 e. The first-order valence-corrected chi connectivity index (χ1v) is 10.0. The standard InChI is InChI=1S/C22H30O6/c1-4-5-6-7-8-9-10-11-15-26-18-14-12-13-17-19(18)28-22(24)21(20(17)25-3)27-16(2)23/h12-14H,4-11,15H2,1-3H3. The molecule has 0 fully saturated rings. The number of fused-ring (bicyclic) bond motifs is 1. The first kappa shape index (κ1) is 21.8. The van der Waals surface area contributed by atoms with Gasteiger partial charge in [0.2, 0.25) is 0 Å². The van der Waals surface area contributed by atoms with Gasteiger partial charge in [-0.1, -0.05) is 57.9 Å². The molecular weight excluding hydrogens is 360 g/mol. The third-order valence-electron chi connectivity index (χ3n) is 4.52. The summed E-state index contributed by atoms with van der Waals surface area (Å²) >= 11 is 0. The van der Waals surface area contributed by atoms with Crippen molar-refractivity contribution in [3.63, 3.8) is 0 Å². The fraction of sp³-hybridized carbons (Fsp3) is 0.545. The maximum atomic E-state index is 12.2. The number of para-hydroxylation sites is 1. The van der Waals surface area contributed by atoms with E-state index in [0.29, 0.717) is 23.3 Å². The quantitative estimate of drug-likeness (QED) is 0.280. The minimum absolute atomic E-state index is 0.166. The van der Waals surface area contributed by atoms with Crippen molar-refractivity contribution in [2.75, 3.05) is 13.7 Å². The first-order valence-electron chi connectivity index (χ1n) is 10.0. The Morgan fingerprint density at radius 1 is 1.00 bits per heavy atom. The van der Waals surface area contributed by atoms with E-state index in [2.05, 4.69) is 6.92 Å². The molecule has 0 saturated carbocycles. The predicted octanol–water partition coefficient (Wildman–Crippen LogP) is 5.25. The van der Waals surface area contributed by atoms with Crippen LogP contribution in [0.4, 0.5) is 0 Å². The molecule has 0 amide bonds. The molecule has 28 heavy (non-hydrogen) atoms. The summed E-state index contributed by atoms with van der Waals surface area (Å²) in [7, 11) is 1.41. The maximum Gasteiger partial charge on any atom is 0.383 e. The van der Waals surface area contributed by atoms with E-state index in [9.17, 15) is 9.59 Å². The number of hydrogen-bond acceptors (Lipinski definition) is 6. The molecule has 1 aromatic carbocycles. The smallest absolute Gasteiger partial charge is 0.383 e. The predicted molar refractivity (Wildman–Crippen MR) is 108 cm³/mol. The Labute approximate surface area is 165 Å². The number of hydrogen-bond donors (Lipinski definition) is 0. The highest BCUT2D eigenvalue weighted by atomic mass is 16.6. The molecule has 2 rings (SSSR count). The Morgan fingerprint density at radius 3 is 2.32 bits per heavy atom. The number of esters is 1. The topological polar surface area (TPSA) is 75.0 Å². The van der Waals surface area contributed by atoms with E-state index in [4.69, 9.17) is 18.6 Å². The van der Waals surface area contributed by atoms with Gasteiger partial charge < -0.3 is 18.6 Å². The van der Waals surface area contributed by atoms with Crippen molar-refractivity contribution in [1.29, 1.82) is 0 Å². The molecule has 0 N–H and O–H groups in total. The fourth-order valence-corrected chi connectivity index (χ4v) is 3.12. The van der Waals surface area contributed by atoms with Crippen LogP contribution in [-0.4, -0.2) is 19.7 Å². The van der Waals surface area contributed by atoms with Gasteiger partial charge in [0.25, 0.3) is 5.75 Å². The molecule has 6 heteroatoms. The lowest BCUT2D eigenvalue weighted by molar-refractivity contribution is -0.132. The van der Waals surface area contributed by atoms with Gasteiger partial charge in [0.15, 0.2) is 17.1 Å². The van der Waals surface area contributed by atoms with Gasteiger partial charge in [0.05, 0.1) is 19.1 Å². The zero-order valence-corrected chi connectivity index (χ0v) is 17.0. The molecule has 0 unspecified atom stereocenters. The van der Waals surface area contributed by atoms with E-state index in [1.165, 1.54) is 52.6 Å². The Balaban J connectivity index is 2.01. The van der Waals surface area contributed by atoms with E-state index in [0.717, 1.165) is 12.8 Å². The van der Waals surface area contributed by atoms with Crippen LogP contribution in [0.5, 0.6) is 17.2 Å². The Morgan fingerprint density at radius 2 is 1.68 bits per heavy atom. The van der Waals surface area contributed by atoms with Crippen molar-refractivity contribution in [3.8, 4) is 17.2 Å². The molecule has 6 nitrogen and oxygen atoms in total. The molecule has 2 aromatic rings.